The Bertz CT molecular complexity index is 622. The van der Waals surface area contributed by atoms with E-state index in [4.69, 9.17) is 74.4 Å². The van der Waals surface area contributed by atoms with Crippen LogP contribution in [0.4, 0.5) is 0 Å². The maximum atomic E-state index is 12.8. The molecule has 0 radical (unpaired) electrons. The van der Waals surface area contributed by atoms with Crippen LogP contribution < -0.4 is 0 Å². The average molecular weight is 470 g/mol. The molecule has 0 N–H and O–H groups in total. The molecule has 1 aliphatic heterocycles. The van der Waals surface area contributed by atoms with Gasteiger partial charge in [0.25, 0.3) is 11.8 Å². The predicted molar refractivity (Wildman–Crippen MR) is 99.3 cm³/mol. The van der Waals surface area contributed by atoms with Crippen molar-refractivity contribution in [3.8, 4) is 0 Å². The molecule has 1 saturated carbocycles. The molecule has 4 nitrogen and oxygen atoms in total. The van der Waals surface area contributed by atoms with E-state index in [2.05, 4.69) is 6.92 Å². The summed E-state index contributed by atoms with van der Waals surface area (Å²) in [4.78, 5) is 27.4. The number of alkyl halides is 4. The van der Waals surface area contributed by atoms with E-state index in [0.29, 0.717) is 11.5 Å². The molecule has 0 aromatic carbocycles. The van der Waals surface area contributed by atoms with E-state index in [-0.39, 0.29) is 16.7 Å². The summed E-state index contributed by atoms with van der Waals surface area (Å²) in [7, 11) is 0. The highest BCUT2D eigenvalue weighted by atomic mass is 35.5. The Hall–Kier alpha value is 0.580. The highest BCUT2D eigenvalue weighted by Gasteiger charge is 2.87. The van der Waals surface area contributed by atoms with Crippen molar-refractivity contribution in [2.45, 2.75) is 46.7 Å². The lowest BCUT2D eigenvalue weighted by molar-refractivity contribution is -0.190. The summed E-state index contributed by atoms with van der Waals surface area (Å²) in [6.45, 7) is 2.31. The van der Waals surface area contributed by atoms with E-state index >= 15 is 0 Å². The number of imide groups is 1. The van der Waals surface area contributed by atoms with Gasteiger partial charge in [-0.25, -0.2) is 0 Å². The fraction of sp³-hybridized carbons (Fsp3) is 0.733. The first-order valence-electron chi connectivity index (χ1n) is 7.91. The summed E-state index contributed by atoms with van der Waals surface area (Å²) in [5, 5.41) is 0.490. The van der Waals surface area contributed by atoms with Gasteiger partial charge in [-0.3, -0.25) is 14.4 Å². The number of hydrogen-bond donors (Lipinski definition) is 0. The zero-order chi connectivity index (χ0) is 18.8. The Morgan fingerprint density at radius 2 is 1.40 bits per heavy atom. The minimum Gasteiger partial charge on any atom is -0.272 e. The predicted octanol–water partition coefficient (Wildman–Crippen LogP) is 4.95. The van der Waals surface area contributed by atoms with E-state index in [1.54, 1.807) is 0 Å². The van der Waals surface area contributed by atoms with Crippen molar-refractivity contribution in [1.29, 1.82) is 0 Å². The Labute approximate surface area is 175 Å². The molecule has 4 atom stereocenters. The largest absolute Gasteiger partial charge is 0.272 e. The van der Waals surface area contributed by atoms with Crippen molar-refractivity contribution in [3.63, 3.8) is 0 Å². The lowest BCUT2D eigenvalue weighted by Gasteiger charge is -2.34. The minimum absolute atomic E-state index is 0.108. The van der Waals surface area contributed by atoms with Crippen LogP contribution in [0.3, 0.4) is 0 Å². The third kappa shape index (κ3) is 2.31. The Morgan fingerprint density at radius 3 is 1.84 bits per heavy atom. The van der Waals surface area contributed by atoms with E-state index in [0.717, 1.165) is 19.3 Å². The van der Waals surface area contributed by atoms with E-state index in [1.165, 1.54) is 0 Å². The van der Waals surface area contributed by atoms with Crippen LogP contribution in [0.5, 0.6) is 0 Å². The van der Waals surface area contributed by atoms with Crippen LogP contribution in [0.25, 0.3) is 0 Å². The summed E-state index contributed by atoms with van der Waals surface area (Å²) < 4.78 is -1.91. The highest BCUT2D eigenvalue weighted by Crippen LogP contribution is 2.77. The van der Waals surface area contributed by atoms with Gasteiger partial charge in [0, 0.05) is 0 Å². The Balaban J connectivity index is 1.88. The number of halogens is 6. The molecular formula is C15H15Cl6NO3. The van der Waals surface area contributed by atoms with Crippen molar-refractivity contribution in [2.24, 2.45) is 11.8 Å². The first-order chi connectivity index (χ1) is 11.6. The van der Waals surface area contributed by atoms with Gasteiger partial charge in [-0.1, -0.05) is 72.6 Å². The smallest absolute Gasteiger partial charge is 0.259 e. The second-order valence-corrected chi connectivity index (χ2v) is 9.72. The number of hydrogen-bond acceptors (Lipinski definition) is 3. The molecule has 2 amide bonds. The number of hydroxylamine groups is 2. The molecule has 2 aliphatic carbocycles. The lowest BCUT2D eigenvalue weighted by atomic mass is 9.84. The number of unbranched alkanes of at least 4 members (excludes halogenated alkanes) is 3. The second-order valence-electron chi connectivity index (χ2n) is 6.45. The molecule has 0 aromatic heterocycles. The topological polar surface area (TPSA) is 46.6 Å². The van der Waals surface area contributed by atoms with Crippen LogP contribution in [0.2, 0.25) is 0 Å². The molecule has 3 aliphatic rings. The summed E-state index contributed by atoms with van der Waals surface area (Å²) in [6, 6.07) is 0. The zero-order valence-corrected chi connectivity index (χ0v) is 17.7. The number of rotatable bonds is 6. The second kappa shape index (κ2) is 6.58. The van der Waals surface area contributed by atoms with Crippen LogP contribution in [-0.2, 0) is 14.4 Å². The number of carbonyl (C=O) groups is 2. The first kappa shape index (κ1) is 20.3. The van der Waals surface area contributed by atoms with Gasteiger partial charge in [-0.2, -0.15) is 5.06 Å². The monoisotopic (exact) mass is 467 g/mol. The van der Waals surface area contributed by atoms with Gasteiger partial charge in [0.15, 0.2) is 4.33 Å². The quantitative estimate of drug-likeness (QED) is 0.314. The molecule has 25 heavy (non-hydrogen) atoms. The van der Waals surface area contributed by atoms with Crippen molar-refractivity contribution in [2.75, 3.05) is 6.61 Å². The van der Waals surface area contributed by atoms with Crippen LogP contribution in [0.1, 0.15) is 32.6 Å². The molecule has 10 heteroatoms. The molecule has 0 spiro atoms. The number of allylic oxidation sites excluding steroid dienone is 2. The van der Waals surface area contributed by atoms with Crippen LogP contribution in [0, 0.1) is 11.8 Å². The third-order valence-corrected chi connectivity index (χ3v) is 9.35. The molecule has 3 rings (SSSR count). The summed E-state index contributed by atoms with van der Waals surface area (Å²) in [5.41, 5.74) is 0. The fourth-order valence-electron chi connectivity index (χ4n) is 3.78. The first-order valence-corrected chi connectivity index (χ1v) is 10.2. The van der Waals surface area contributed by atoms with Gasteiger partial charge >= 0.3 is 0 Å². The lowest BCUT2D eigenvalue weighted by Crippen LogP contribution is -2.50. The fourth-order valence-corrected chi connectivity index (χ4v) is 6.71. The number of amides is 2. The molecule has 2 bridgehead atoms. The van der Waals surface area contributed by atoms with E-state index in [1.807, 2.05) is 0 Å². The van der Waals surface area contributed by atoms with Gasteiger partial charge in [0.05, 0.1) is 28.5 Å². The van der Waals surface area contributed by atoms with Crippen molar-refractivity contribution in [3.05, 3.63) is 10.1 Å². The van der Waals surface area contributed by atoms with Crippen LogP contribution in [0.15, 0.2) is 10.1 Å². The average Bonchev–Trinajstić information content (AvgIpc) is 2.93. The molecule has 2 fully saturated rings. The zero-order valence-electron chi connectivity index (χ0n) is 13.1. The number of nitrogens with zero attached hydrogens (tertiary/aromatic N) is 1. The summed E-state index contributed by atoms with van der Waals surface area (Å²) in [6.07, 6.45) is 3.75. The van der Waals surface area contributed by atoms with Crippen molar-refractivity contribution < 1.29 is 14.4 Å². The molecule has 1 saturated heterocycles. The molecule has 140 valence electrons. The Morgan fingerprint density at radius 1 is 0.920 bits per heavy atom. The maximum absolute atomic E-state index is 12.8. The van der Waals surface area contributed by atoms with Gasteiger partial charge in [0.2, 0.25) is 0 Å². The summed E-state index contributed by atoms with van der Waals surface area (Å²) >= 11 is 38.3. The standard InChI is InChI=1S/C15H15Cl6NO3/c1-2-3-4-5-6-25-22-11(23)7-8(12(22)24)14(19)10(17)9(16)13(7,18)15(14,20)21/h7-8H,2-6H2,1H3/t7-,8-,13-,14-/m1/s1. The Kier molecular flexibility index (Phi) is 5.35. The number of fused-ring (bicyclic) bond motifs is 5. The van der Waals surface area contributed by atoms with Gasteiger partial charge < -0.3 is 0 Å². The van der Waals surface area contributed by atoms with Gasteiger partial charge in [0.1, 0.15) is 9.75 Å². The van der Waals surface area contributed by atoms with Gasteiger partial charge in [-0.05, 0) is 6.42 Å². The molecular weight excluding hydrogens is 455 g/mol. The minimum atomic E-state index is -1.91. The molecule has 1 heterocycles. The van der Waals surface area contributed by atoms with Gasteiger partial charge in [-0.15, -0.1) is 23.2 Å². The van der Waals surface area contributed by atoms with Crippen LogP contribution >= 0.6 is 69.6 Å². The molecule has 0 aromatic rings. The van der Waals surface area contributed by atoms with Crippen molar-refractivity contribution in [1.82, 2.24) is 5.06 Å². The molecule has 0 unspecified atom stereocenters. The third-order valence-electron chi connectivity index (χ3n) is 5.09. The number of carbonyl (C=O) groups excluding carboxylic acids is 2. The highest BCUT2D eigenvalue weighted by molar-refractivity contribution is 6.66. The van der Waals surface area contributed by atoms with E-state index < -0.39 is 37.7 Å². The normalized spacial score (nSPS) is 38.9. The van der Waals surface area contributed by atoms with Crippen molar-refractivity contribution >= 4 is 81.4 Å². The summed E-state index contributed by atoms with van der Waals surface area (Å²) in [5.74, 6) is -3.59. The van der Waals surface area contributed by atoms with Crippen LogP contribution in [-0.4, -0.2) is 37.6 Å². The van der Waals surface area contributed by atoms with E-state index in [9.17, 15) is 9.59 Å². The SMILES string of the molecule is CCCCCCON1C(=O)[C@H]2[C@H](C1=O)[C@@]1(Cl)C(Cl)=C(Cl)[C@@]2(Cl)C1(Cl)Cl. The maximum Gasteiger partial charge on any atom is 0.259 e.